The number of benzene rings is 1. The zero-order chi connectivity index (χ0) is 12.0. The molecular formula is C13H14O3. The molecule has 0 fully saturated rings. The molecule has 0 aromatic heterocycles. The summed E-state index contributed by atoms with van der Waals surface area (Å²) in [4.78, 5) is 10.3. The van der Waals surface area contributed by atoms with E-state index < -0.39 is 5.97 Å². The van der Waals surface area contributed by atoms with Gasteiger partial charge in [0.05, 0.1) is 7.11 Å². The molecule has 1 aromatic carbocycles. The molecule has 0 heterocycles. The van der Waals surface area contributed by atoms with Crippen LogP contribution >= 0.6 is 0 Å². The van der Waals surface area contributed by atoms with E-state index in [0.29, 0.717) is 0 Å². The van der Waals surface area contributed by atoms with E-state index in [0.717, 1.165) is 23.0 Å². The van der Waals surface area contributed by atoms with Crippen LogP contribution < -0.4 is 4.74 Å². The lowest BCUT2D eigenvalue weighted by atomic mass is 10.1. The van der Waals surface area contributed by atoms with Gasteiger partial charge >= 0.3 is 5.97 Å². The Morgan fingerprint density at radius 3 is 2.38 bits per heavy atom. The van der Waals surface area contributed by atoms with Crippen molar-refractivity contribution in [3.05, 3.63) is 47.6 Å². The molecule has 0 bridgehead atoms. The number of carbonyl (C=O) groups is 1. The Balaban J connectivity index is 2.77. The molecule has 0 amide bonds. The Labute approximate surface area is 94.7 Å². The molecule has 84 valence electrons. The van der Waals surface area contributed by atoms with E-state index in [-0.39, 0.29) is 0 Å². The van der Waals surface area contributed by atoms with Gasteiger partial charge in [-0.2, -0.15) is 0 Å². The van der Waals surface area contributed by atoms with Gasteiger partial charge in [0.2, 0.25) is 0 Å². The number of hydrogen-bond acceptors (Lipinski definition) is 2. The standard InChI is InChI=1S/C13H14O3/c1-10(3-8-13(14)15)9-11-4-6-12(16-2)7-5-11/h3-9H,1-2H3,(H,14,15)/b8-3+,10-9+. The van der Waals surface area contributed by atoms with Crippen LogP contribution in [0, 0.1) is 0 Å². The lowest BCUT2D eigenvalue weighted by molar-refractivity contribution is -0.131. The first-order chi connectivity index (χ1) is 7.61. The molecule has 1 N–H and O–H groups in total. The fraction of sp³-hybridized carbons (Fsp3) is 0.154. The number of hydrogen-bond donors (Lipinski definition) is 1. The SMILES string of the molecule is COc1ccc(/C=C(C)/C=C/C(=O)O)cc1. The average Bonchev–Trinajstić information content (AvgIpc) is 2.27. The van der Waals surface area contributed by atoms with Gasteiger partial charge in [-0.05, 0) is 24.6 Å². The largest absolute Gasteiger partial charge is 0.497 e. The van der Waals surface area contributed by atoms with Crippen LogP contribution in [0.3, 0.4) is 0 Å². The van der Waals surface area contributed by atoms with Crippen molar-refractivity contribution in [1.82, 2.24) is 0 Å². The van der Waals surface area contributed by atoms with Gasteiger partial charge in [-0.3, -0.25) is 0 Å². The van der Waals surface area contributed by atoms with Crippen molar-refractivity contribution in [2.45, 2.75) is 6.92 Å². The average molecular weight is 218 g/mol. The Kier molecular flexibility index (Phi) is 4.33. The smallest absolute Gasteiger partial charge is 0.328 e. The fourth-order valence-corrected chi connectivity index (χ4v) is 1.21. The number of carboxylic acids is 1. The summed E-state index contributed by atoms with van der Waals surface area (Å²) in [6.45, 7) is 1.85. The third-order valence-corrected chi connectivity index (χ3v) is 2.00. The van der Waals surface area contributed by atoms with Gasteiger partial charge < -0.3 is 9.84 Å². The van der Waals surface area contributed by atoms with Crippen molar-refractivity contribution in [3.63, 3.8) is 0 Å². The van der Waals surface area contributed by atoms with Crippen molar-refractivity contribution in [2.75, 3.05) is 7.11 Å². The van der Waals surface area contributed by atoms with Gasteiger partial charge in [0.25, 0.3) is 0 Å². The summed E-state index contributed by atoms with van der Waals surface area (Å²) in [6.07, 6.45) is 4.58. The lowest BCUT2D eigenvalue weighted by Gasteiger charge is -1.99. The maximum absolute atomic E-state index is 10.3. The summed E-state index contributed by atoms with van der Waals surface area (Å²) < 4.78 is 5.04. The first kappa shape index (κ1) is 12.0. The molecule has 0 aliphatic carbocycles. The molecule has 1 rings (SSSR count). The second kappa shape index (κ2) is 5.75. The molecule has 16 heavy (non-hydrogen) atoms. The molecule has 3 heteroatoms. The van der Waals surface area contributed by atoms with E-state index >= 15 is 0 Å². The summed E-state index contributed by atoms with van der Waals surface area (Å²) in [7, 11) is 1.62. The van der Waals surface area contributed by atoms with Crippen molar-refractivity contribution < 1.29 is 14.6 Å². The molecule has 0 atom stereocenters. The Hall–Kier alpha value is -2.03. The fourth-order valence-electron chi connectivity index (χ4n) is 1.21. The number of rotatable bonds is 4. The van der Waals surface area contributed by atoms with E-state index in [9.17, 15) is 4.79 Å². The summed E-state index contributed by atoms with van der Waals surface area (Å²) in [5, 5.41) is 8.47. The molecule has 0 unspecified atom stereocenters. The van der Waals surface area contributed by atoms with Crippen molar-refractivity contribution in [2.24, 2.45) is 0 Å². The van der Waals surface area contributed by atoms with E-state index in [1.807, 2.05) is 37.3 Å². The first-order valence-electron chi connectivity index (χ1n) is 4.85. The van der Waals surface area contributed by atoms with Gasteiger partial charge in [0, 0.05) is 6.08 Å². The van der Waals surface area contributed by atoms with Crippen LogP contribution in [0.15, 0.2) is 42.0 Å². The molecule has 0 saturated carbocycles. The highest BCUT2D eigenvalue weighted by molar-refractivity contribution is 5.80. The molecule has 0 aliphatic heterocycles. The van der Waals surface area contributed by atoms with Crippen LogP contribution in [-0.2, 0) is 4.79 Å². The summed E-state index contributed by atoms with van der Waals surface area (Å²) in [6, 6.07) is 7.55. The van der Waals surface area contributed by atoms with E-state index in [1.165, 1.54) is 0 Å². The normalized spacial score (nSPS) is 11.8. The minimum Gasteiger partial charge on any atom is -0.497 e. The van der Waals surface area contributed by atoms with Crippen LogP contribution in [0.2, 0.25) is 0 Å². The van der Waals surface area contributed by atoms with E-state index in [4.69, 9.17) is 9.84 Å². The Morgan fingerprint density at radius 2 is 1.88 bits per heavy atom. The zero-order valence-corrected chi connectivity index (χ0v) is 9.31. The van der Waals surface area contributed by atoms with Gasteiger partial charge in [0.15, 0.2) is 0 Å². The molecule has 0 radical (unpaired) electrons. The topological polar surface area (TPSA) is 46.5 Å². The molecular weight excluding hydrogens is 204 g/mol. The van der Waals surface area contributed by atoms with Crippen molar-refractivity contribution in [1.29, 1.82) is 0 Å². The van der Waals surface area contributed by atoms with E-state index in [2.05, 4.69) is 0 Å². The van der Waals surface area contributed by atoms with Gasteiger partial charge in [0.1, 0.15) is 5.75 Å². The molecule has 3 nitrogen and oxygen atoms in total. The minimum absolute atomic E-state index is 0.802. The highest BCUT2D eigenvalue weighted by Gasteiger charge is 1.92. The minimum atomic E-state index is -0.942. The van der Waals surface area contributed by atoms with E-state index in [1.54, 1.807) is 13.2 Å². The summed E-state index contributed by atoms with van der Waals surface area (Å²) in [5.41, 5.74) is 1.89. The van der Waals surface area contributed by atoms with Gasteiger partial charge in [-0.25, -0.2) is 4.79 Å². The van der Waals surface area contributed by atoms with Crippen LogP contribution in [0.4, 0.5) is 0 Å². The maximum atomic E-state index is 10.3. The Morgan fingerprint density at radius 1 is 1.25 bits per heavy atom. The predicted molar refractivity (Wildman–Crippen MR) is 63.4 cm³/mol. The molecule has 1 aromatic rings. The van der Waals surface area contributed by atoms with Crippen LogP contribution in [0.25, 0.3) is 6.08 Å². The van der Waals surface area contributed by atoms with Gasteiger partial charge in [-0.1, -0.05) is 29.9 Å². The number of methoxy groups -OCH3 is 1. The third kappa shape index (κ3) is 4.00. The van der Waals surface area contributed by atoms with Crippen LogP contribution in [0.5, 0.6) is 5.75 Å². The number of carboxylic acid groups (broad SMARTS) is 1. The predicted octanol–water partition coefficient (Wildman–Crippen LogP) is 2.74. The highest BCUT2D eigenvalue weighted by atomic mass is 16.5. The molecule has 0 saturated heterocycles. The summed E-state index contributed by atoms with van der Waals surface area (Å²) >= 11 is 0. The van der Waals surface area contributed by atoms with Crippen LogP contribution in [-0.4, -0.2) is 18.2 Å². The zero-order valence-electron chi connectivity index (χ0n) is 9.31. The quantitative estimate of drug-likeness (QED) is 0.624. The monoisotopic (exact) mass is 218 g/mol. The van der Waals surface area contributed by atoms with Crippen molar-refractivity contribution >= 4 is 12.0 Å². The number of allylic oxidation sites excluding steroid dienone is 2. The number of aliphatic carboxylic acids is 1. The maximum Gasteiger partial charge on any atom is 0.328 e. The number of ether oxygens (including phenoxy) is 1. The van der Waals surface area contributed by atoms with Crippen molar-refractivity contribution in [3.8, 4) is 5.75 Å². The molecule has 0 aliphatic rings. The van der Waals surface area contributed by atoms with Crippen LogP contribution in [0.1, 0.15) is 12.5 Å². The second-order valence-corrected chi connectivity index (χ2v) is 3.33. The highest BCUT2D eigenvalue weighted by Crippen LogP contribution is 2.14. The third-order valence-electron chi connectivity index (χ3n) is 2.00. The summed E-state index contributed by atoms with van der Waals surface area (Å²) in [5.74, 6) is -0.140. The second-order valence-electron chi connectivity index (χ2n) is 3.33. The Bertz CT molecular complexity index is 413. The first-order valence-corrected chi connectivity index (χ1v) is 4.85. The lowest BCUT2D eigenvalue weighted by Crippen LogP contribution is -1.86. The van der Waals surface area contributed by atoms with Gasteiger partial charge in [-0.15, -0.1) is 0 Å². The molecule has 0 spiro atoms.